The fourth-order valence-electron chi connectivity index (χ4n) is 2.32. The van der Waals surface area contributed by atoms with Crippen LogP contribution in [0, 0.1) is 12.7 Å². The number of anilines is 1. The summed E-state index contributed by atoms with van der Waals surface area (Å²) in [5, 5.41) is 4.15. The maximum Gasteiger partial charge on any atom is 0.279 e. The molecule has 0 unspecified atom stereocenters. The van der Waals surface area contributed by atoms with Gasteiger partial charge in [-0.1, -0.05) is 23.7 Å². The minimum atomic E-state index is -0.549. The Hall–Kier alpha value is -2.66. The van der Waals surface area contributed by atoms with Gasteiger partial charge >= 0.3 is 0 Å². The van der Waals surface area contributed by atoms with Gasteiger partial charge in [0.05, 0.1) is 22.0 Å². The van der Waals surface area contributed by atoms with Crippen LogP contribution < -0.4 is 11.3 Å². The van der Waals surface area contributed by atoms with Gasteiger partial charge in [-0.2, -0.15) is 9.78 Å². The van der Waals surface area contributed by atoms with Crippen LogP contribution in [-0.2, 0) is 0 Å². The number of hydrogen-bond acceptors (Lipinski definition) is 3. The number of hydrogen-bond donors (Lipinski definition) is 1. The van der Waals surface area contributed by atoms with Crippen LogP contribution in [0.1, 0.15) is 5.69 Å². The van der Waals surface area contributed by atoms with Crippen molar-refractivity contribution in [1.29, 1.82) is 0 Å². The van der Waals surface area contributed by atoms with Crippen LogP contribution in [0.15, 0.2) is 53.3 Å². The summed E-state index contributed by atoms with van der Waals surface area (Å²) in [5.74, 6) is -0.549. The number of aromatic nitrogens is 2. The van der Waals surface area contributed by atoms with E-state index in [9.17, 15) is 9.18 Å². The molecule has 116 valence electrons. The molecule has 0 bridgehead atoms. The van der Waals surface area contributed by atoms with Crippen LogP contribution in [-0.4, -0.2) is 9.78 Å². The van der Waals surface area contributed by atoms with Crippen molar-refractivity contribution in [3.8, 4) is 16.8 Å². The van der Waals surface area contributed by atoms with Crippen LogP contribution in [0.4, 0.5) is 10.1 Å². The van der Waals surface area contributed by atoms with Gasteiger partial charge in [-0.3, -0.25) is 4.79 Å². The Labute approximate surface area is 136 Å². The standard InChI is InChI=1S/C17H13ClFN3O/c1-10-7-14(11-3-2-4-12(20)8-11)17(23)22(21-10)13-5-6-16(19)15(18)9-13/h2-9H,20H2,1H3. The van der Waals surface area contributed by atoms with Crippen LogP contribution in [0.2, 0.25) is 5.02 Å². The predicted octanol–water partition coefficient (Wildman–Crippen LogP) is 3.58. The third-order valence-electron chi connectivity index (χ3n) is 3.38. The molecule has 2 aromatic carbocycles. The number of nitrogen functional groups attached to an aromatic ring is 1. The third kappa shape index (κ3) is 2.96. The van der Waals surface area contributed by atoms with E-state index in [-0.39, 0.29) is 10.6 Å². The smallest absolute Gasteiger partial charge is 0.279 e. The quantitative estimate of drug-likeness (QED) is 0.731. The zero-order chi connectivity index (χ0) is 16.6. The molecule has 0 saturated carbocycles. The maximum atomic E-state index is 13.3. The molecule has 1 aromatic heterocycles. The molecule has 1 heterocycles. The van der Waals surface area contributed by atoms with E-state index >= 15 is 0 Å². The molecule has 0 amide bonds. The first-order valence-corrected chi connectivity index (χ1v) is 7.26. The van der Waals surface area contributed by atoms with E-state index < -0.39 is 5.82 Å². The molecule has 4 nitrogen and oxygen atoms in total. The molecule has 2 N–H and O–H groups in total. The van der Waals surface area contributed by atoms with Gasteiger partial charge in [0.15, 0.2) is 0 Å². The van der Waals surface area contributed by atoms with Gasteiger partial charge in [0.25, 0.3) is 5.56 Å². The minimum Gasteiger partial charge on any atom is -0.399 e. The lowest BCUT2D eigenvalue weighted by Crippen LogP contribution is -2.23. The Bertz CT molecular complexity index is 953. The van der Waals surface area contributed by atoms with E-state index in [1.807, 2.05) is 0 Å². The highest BCUT2D eigenvalue weighted by Crippen LogP contribution is 2.21. The lowest BCUT2D eigenvalue weighted by atomic mass is 10.1. The Morgan fingerprint density at radius 3 is 2.65 bits per heavy atom. The zero-order valence-corrected chi connectivity index (χ0v) is 13.0. The highest BCUT2D eigenvalue weighted by atomic mass is 35.5. The lowest BCUT2D eigenvalue weighted by molar-refractivity contribution is 0.627. The molecule has 3 aromatic rings. The Kier molecular flexibility index (Phi) is 3.88. The van der Waals surface area contributed by atoms with Gasteiger partial charge in [-0.25, -0.2) is 4.39 Å². The highest BCUT2D eigenvalue weighted by molar-refractivity contribution is 6.30. The van der Waals surface area contributed by atoms with Crippen molar-refractivity contribution < 1.29 is 4.39 Å². The maximum absolute atomic E-state index is 13.3. The summed E-state index contributed by atoms with van der Waals surface area (Å²) in [5.41, 5.74) is 8.22. The van der Waals surface area contributed by atoms with Crippen LogP contribution in [0.25, 0.3) is 16.8 Å². The van der Waals surface area contributed by atoms with Crippen LogP contribution >= 0.6 is 11.6 Å². The molecule has 3 rings (SSSR count). The second-order valence-corrected chi connectivity index (χ2v) is 5.55. The average molecular weight is 330 g/mol. The fourth-order valence-corrected chi connectivity index (χ4v) is 2.50. The molecule has 6 heteroatoms. The summed E-state index contributed by atoms with van der Waals surface area (Å²) < 4.78 is 14.5. The van der Waals surface area contributed by atoms with Crippen molar-refractivity contribution in [2.24, 2.45) is 0 Å². The van der Waals surface area contributed by atoms with Gasteiger partial charge in [0, 0.05) is 5.69 Å². The number of nitrogens with zero attached hydrogens (tertiary/aromatic N) is 2. The topological polar surface area (TPSA) is 60.9 Å². The number of benzene rings is 2. The normalized spacial score (nSPS) is 10.7. The molecule has 0 aliphatic rings. The summed E-state index contributed by atoms with van der Waals surface area (Å²) in [6, 6.07) is 12.8. The molecule has 0 spiro atoms. The first kappa shape index (κ1) is 15.2. The minimum absolute atomic E-state index is 0.0665. The van der Waals surface area contributed by atoms with Crippen molar-refractivity contribution in [2.75, 3.05) is 5.73 Å². The summed E-state index contributed by atoms with van der Waals surface area (Å²) in [7, 11) is 0. The molecule has 0 aliphatic heterocycles. The molecule has 0 saturated heterocycles. The molecule has 23 heavy (non-hydrogen) atoms. The van der Waals surface area contributed by atoms with Crippen molar-refractivity contribution in [2.45, 2.75) is 6.92 Å². The van der Waals surface area contributed by atoms with Crippen molar-refractivity contribution in [1.82, 2.24) is 9.78 Å². The van der Waals surface area contributed by atoms with Crippen LogP contribution in [0.5, 0.6) is 0 Å². The van der Waals surface area contributed by atoms with E-state index in [4.69, 9.17) is 17.3 Å². The molecule has 0 atom stereocenters. The van der Waals surface area contributed by atoms with Gasteiger partial charge in [-0.15, -0.1) is 0 Å². The van der Waals surface area contributed by atoms with E-state index in [0.717, 1.165) is 0 Å². The fraction of sp³-hybridized carbons (Fsp3) is 0.0588. The number of nitrogens with two attached hydrogens (primary N) is 1. The molecular weight excluding hydrogens is 317 g/mol. The molecule has 0 radical (unpaired) electrons. The second kappa shape index (κ2) is 5.85. The van der Waals surface area contributed by atoms with E-state index in [2.05, 4.69) is 5.10 Å². The van der Waals surface area contributed by atoms with Gasteiger partial charge in [0.1, 0.15) is 5.82 Å². The first-order valence-electron chi connectivity index (χ1n) is 6.88. The van der Waals surface area contributed by atoms with Gasteiger partial charge in [0.2, 0.25) is 0 Å². The van der Waals surface area contributed by atoms with E-state index in [1.54, 1.807) is 37.3 Å². The third-order valence-corrected chi connectivity index (χ3v) is 3.67. The molecule has 0 aliphatic carbocycles. The summed E-state index contributed by atoms with van der Waals surface area (Å²) in [6.45, 7) is 1.77. The summed E-state index contributed by atoms with van der Waals surface area (Å²) in [4.78, 5) is 12.8. The number of halogens is 2. The Morgan fingerprint density at radius 1 is 1.17 bits per heavy atom. The van der Waals surface area contributed by atoms with Crippen molar-refractivity contribution in [3.05, 3.63) is 75.4 Å². The largest absolute Gasteiger partial charge is 0.399 e. The first-order chi connectivity index (χ1) is 11.0. The molecular formula is C17H13ClFN3O. The SMILES string of the molecule is Cc1cc(-c2cccc(N)c2)c(=O)n(-c2ccc(F)c(Cl)c2)n1. The Morgan fingerprint density at radius 2 is 1.96 bits per heavy atom. The summed E-state index contributed by atoms with van der Waals surface area (Å²) >= 11 is 5.80. The Balaban J connectivity index is 2.24. The number of aryl methyl sites for hydroxylation is 1. The second-order valence-electron chi connectivity index (χ2n) is 5.14. The summed E-state index contributed by atoms with van der Waals surface area (Å²) in [6.07, 6.45) is 0. The highest BCUT2D eigenvalue weighted by Gasteiger charge is 2.12. The monoisotopic (exact) mass is 329 g/mol. The van der Waals surface area contributed by atoms with Gasteiger partial charge < -0.3 is 5.73 Å². The van der Waals surface area contributed by atoms with Gasteiger partial charge in [-0.05, 0) is 48.9 Å². The lowest BCUT2D eigenvalue weighted by Gasteiger charge is -2.10. The van der Waals surface area contributed by atoms with E-state index in [1.165, 1.54) is 22.9 Å². The van der Waals surface area contributed by atoms with Crippen LogP contribution in [0.3, 0.4) is 0 Å². The van der Waals surface area contributed by atoms with E-state index in [0.29, 0.717) is 28.2 Å². The molecule has 0 fully saturated rings. The van der Waals surface area contributed by atoms with Crippen molar-refractivity contribution in [3.63, 3.8) is 0 Å². The predicted molar refractivity (Wildman–Crippen MR) is 89.4 cm³/mol. The zero-order valence-electron chi connectivity index (χ0n) is 12.3. The average Bonchev–Trinajstić information content (AvgIpc) is 2.52. The number of rotatable bonds is 2. The van der Waals surface area contributed by atoms with Crippen molar-refractivity contribution >= 4 is 17.3 Å².